The van der Waals surface area contributed by atoms with Crippen LogP contribution >= 0.6 is 0 Å². The van der Waals surface area contributed by atoms with Gasteiger partial charge in [0, 0.05) is 30.6 Å². The van der Waals surface area contributed by atoms with Crippen molar-refractivity contribution in [2.75, 3.05) is 13.1 Å². The summed E-state index contributed by atoms with van der Waals surface area (Å²) in [6, 6.07) is 6.73. The molecule has 0 saturated carbocycles. The van der Waals surface area contributed by atoms with E-state index in [0.717, 1.165) is 37.9 Å². The van der Waals surface area contributed by atoms with Gasteiger partial charge in [0.15, 0.2) is 0 Å². The summed E-state index contributed by atoms with van der Waals surface area (Å²) in [4.78, 5) is 24.2. The minimum absolute atomic E-state index is 0.114. The summed E-state index contributed by atoms with van der Waals surface area (Å²) in [5.74, 6) is 0. The van der Waals surface area contributed by atoms with Crippen molar-refractivity contribution in [2.24, 2.45) is 5.41 Å². The number of nitro groups is 1. The first kappa shape index (κ1) is 17.5. The Hall–Kier alpha value is -2.37. The lowest BCUT2D eigenvalue weighted by molar-refractivity contribution is -0.384. The lowest BCUT2D eigenvalue weighted by Gasteiger charge is -2.51. The van der Waals surface area contributed by atoms with Crippen molar-refractivity contribution >= 4 is 17.4 Å². The summed E-state index contributed by atoms with van der Waals surface area (Å²) >= 11 is 0. The molecule has 1 fully saturated rings. The highest BCUT2D eigenvalue weighted by Gasteiger charge is 2.46. The van der Waals surface area contributed by atoms with Crippen molar-refractivity contribution in [1.29, 1.82) is 0 Å². The Kier molecular flexibility index (Phi) is 4.31. The van der Waals surface area contributed by atoms with Crippen molar-refractivity contribution in [1.82, 2.24) is 4.90 Å². The first-order valence-electron chi connectivity index (χ1n) is 8.59. The van der Waals surface area contributed by atoms with E-state index >= 15 is 0 Å². The van der Waals surface area contributed by atoms with Crippen LogP contribution < -0.4 is 0 Å². The second kappa shape index (κ2) is 6.17. The Morgan fingerprint density at radius 1 is 1.24 bits per heavy atom. The number of allylic oxidation sites excluding steroid dienone is 2. The Morgan fingerprint density at radius 2 is 1.88 bits per heavy atom. The lowest BCUT2D eigenvalue weighted by atomic mass is 9.69. The topological polar surface area (TPSA) is 72.7 Å². The van der Waals surface area contributed by atoms with Crippen molar-refractivity contribution in [3.63, 3.8) is 0 Å². The molecule has 1 saturated heterocycles. The summed E-state index contributed by atoms with van der Waals surface area (Å²) in [5.41, 5.74) is 2.10. The number of likely N-dealkylation sites (tertiary alicyclic amines) is 1. The number of hydrogen-bond donors (Lipinski definition) is 0. The second-order valence-electron chi connectivity index (χ2n) is 8.07. The fourth-order valence-electron chi connectivity index (χ4n) is 3.51. The molecule has 0 radical (unpaired) electrons. The molecule has 6 nitrogen and oxygen atoms in total. The van der Waals surface area contributed by atoms with E-state index in [1.165, 1.54) is 5.57 Å². The van der Waals surface area contributed by atoms with Crippen LogP contribution in [0.1, 0.15) is 45.6 Å². The Morgan fingerprint density at radius 3 is 2.36 bits per heavy atom. The summed E-state index contributed by atoms with van der Waals surface area (Å²) < 4.78 is 5.41. The van der Waals surface area contributed by atoms with Crippen LogP contribution in [0.25, 0.3) is 5.57 Å². The van der Waals surface area contributed by atoms with Crippen LogP contribution in [0.2, 0.25) is 0 Å². The van der Waals surface area contributed by atoms with Crippen LogP contribution in [0.4, 0.5) is 10.5 Å². The molecule has 25 heavy (non-hydrogen) atoms. The number of nitro benzene ring substituents is 1. The zero-order chi connectivity index (χ0) is 18.2. The predicted molar refractivity (Wildman–Crippen MR) is 95.2 cm³/mol. The molecule has 0 atom stereocenters. The molecule has 1 heterocycles. The van der Waals surface area contributed by atoms with Gasteiger partial charge >= 0.3 is 6.09 Å². The normalized spacial score (nSPS) is 19.2. The fourth-order valence-corrected chi connectivity index (χ4v) is 3.51. The molecule has 1 spiro atoms. The number of benzene rings is 1. The fraction of sp³-hybridized carbons (Fsp3) is 0.526. The van der Waals surface area contributed by atoms with Gasteiger partial charge in [0.05, 0.1) is 4.92 Å². The molecule has 1 aromatic rings. The first-order chi connectivity index (χ1) is 11.7. The SMILES string of the molecule is CC(C)(C)OC(=O)N1CC2(CC=C(c3ccc([N+](=O)[O-])cc3)CC2)C1. The smallest absolute Gasteiger partial charge is 0.410 e. The molecular weight excluding hydrogens is 320 g/mol. The number of ether oxygens (including phenoxy) is 1. The van der Waals surface area contributed by atoms with E-state index in [2.05, 4.69) is 6.08 Å². The highest BCUT2D eigenvalue weighted by molar-refractivity contribution is 5.71. The third-order valence-electron chi connectivity index (χ3n) is 4.86. The Bertz CT molecular complexity index is 710. The minimum Gasteiger partial charge on any atom is -0.444 e. The van der Waals surface area contributed by atoms with E-state index in [1.807, 2.05) is 32.9 Å². The molecule has 0 aromatic heterocycles. The monoisotopic (exact) mass is 344 g/mol. The third-order valence-corrected chi connectivity index (χ3v) is 4.86. The Balaban J connectivity index is 1.58. The van der Waals surface area contributed by atoms with Crippen LogP contribution in [-0.4, -0.2) is 34.6 Å². The molecule has 1 aromatic carbocycles. The summed E-state index contributed by atoms with van der Waals surface area (Å²) in [6.45, 7) is 7.11. The van der Waals surface area contributed by atoms with Crippen LogP contribution in [0.5, 0.6) is 0 Å². The maximum Gasteiger partial charge on any atom is 0.410 e. The molecule has 1 aliphatic heterocycles. The van der Waals surface area contributed by atoms with Crippen LogP contribution in [0, 0.1) is 15.5 Å². The number of carbonyl (C=O) groups is 1. The molecule has 1 aliphatic carbocycles. The van der Waals surface area contributed by atoms with Crippen LogP contribution in [0.15, 0.2) is 30.3 Å². The van der Waals surface area contributed by atoms with E-state index < -0.39 is 5.60 Å². The number of carbonyl (C=O) groups excluding carboxylic acids is 1. The van der Waals surface area contributed by atoms with Gasteiger partial charge in [0.25, 0.3) is 5.69 Å². The van der Waals surface area contributed by atoms with Gasteiger partial charge in [0.2, 0.25) is 0 Å². The van der Waals surface area contributed by atoms with E-state index in [-0.39, 0.29) is 22.1 Å². The van der Waals surface area contributed by atoms with Crippen molar-refractivity contribution < 1.29 is 14.5 Å². The van der Waals surface area contributed by atoms with Gasteiger partial charge in [-0.2, -0.15) is 0 Å². The zero-order valence-electron chi connectivity index (χ0n) is 14.9. The number of hydrogen-bond acceptors (Lipinski definition) is 4. The number of rotatable bonds is 2. The average molecular weight is 344 g/mol. The molecule has 6 heteroatoms. The Labute approximate surface area is 147 Å². The van der Waals surface area contributed by atoms with E-state index in [9.17, 15) is 14.9 Å². The van der Waals surface area contributed by atoms with Crippen LogP contribution in [-0.2, 0) is 4.74 Å². The maximum absolute atomic E-state index is 12.1. The van der Waals surface area contributed by atoms with Crippen molar-refractivity contribution in [3.8, 4) is 0 Å². The molecule has 2 aliphatic rings. The molecular formula is C19H24N2O4. The molecule has 0 N–H and O–H groups in total. The van der Waals surface area contributed by atoms with E-state index in [1.54, 1.807) is 17.0 Å². The van der Waals surface area contributed by atoms with Crippen LogP contribution in [0.3, 0.4) is 0 Å². The molecule has 1 amide bonds. The summed E-state index contributed by atoms with van der Waals surface area (Å²) in [7, 11) is 0. The molecule has 0 bridgehead atoms. The zero-order valence-corrected chi connectivity index (χ0v) is 14.9. The molecule has 0 unspecified atom stereocenters. The highest BCUT2D eigenvalue weighted by atomic mass is 16.6. The van der Waals surface area contributed by atoms with Gasteiger partial charge < -0.3 is 9.64 Å². The largest absolute Gasteiger partial charge is 0.444 e. The van der Waals surface area contributed by atoms with Gasteiger partial charge in [-0.3, -0.25) is 10.1 Å². The highest BCUT2D eigenvalue weighted by Crippen LogP contribution is 2.45. The molecule has 134 valence electrons. The van der Waals surface area contributed by atoms with Gasteiger partial charge in [-0.15, -0.1) is 0 Å². The van der Waals surface area contributed by atoms with Crippen molar-refractivity contribution in [3.05, 3.63) is 46.0 Å². The summed E-state index contributed by atoms with van der Waals surface area (Å²) in [6.07, 6.45) is 4.87. The maximum atomic E-state index is 12.1. The van der Waals surface area contributed by atoms with Gasteiger partial charge in [-0.25, -0.2) is 4.79 Å². The second-order valence-corrected chi connectivity index (χ2v) is 8.07. The van der Waals surface area contributed by atoms with Gasteiger partial charge in [-0.1, -0.05) is 6.08 Å². The number of amides is 1. The average Bonchev–Trinajstić information content (AvgIpc) is 2.51. The lowest BCUT2D eigenvalue weighted by Crippen LogP contribution is -2.59. The third kappa shape index (κ3) is 3.83. The van der Waals surface area contributed by atoms with Gasteiger partial charge in [0.1, 0.15) is 5.60 Å². The minimum atomic E-state index is -0.463. The number of non-ortho nitro benzene ring substituents is 1. The quantitative estimate of drug-likeness (QED) is 0.589. The van der Waals surface area contributed by atoms with E-state index in [0.29, 0.717) is 0 Å². The number of nitrogens with zero attached hydrogens (tertiary/aromatic N) is 2. The van der Waals surface area contributed by atoms with E-state index in [4.69, 9.17) is 4.74 Å². The first-order valence-corrected chi connectivity index (χ1v) is 8.59. The predicted octanol–water partition coefficient (Wildman–Crippen LogP) is 4.40. The van der Waals surface area contributed by atoms with Gasteiger partial charge in [-0.05, 0) is 63.3 Å². The van der Waals surface area contributed by atoms with Crippen molar-refractivity contribution in [2.45, 2.75) is 45.6 Å². The molecule has 3 rings (SSSR count). The standard InChI is InChI=1S/C19H24N2O4/c1-18(2,3)25-17(22)20-12-19(13-20)10-8-15(9-11-19)14-4-6-16(7-5-14)21(23)24/h4-8H,9-13H2,1-3H3. The summed E-state index contributed by atoms with van der Waals surface area (Å²) in [5, 5.41) is 10.7.